The van der Waals surface area contributed by atoms with E-state index in [0.29, 0.717) is 5.46 Å². The van der Waals surface area contributed by atoms with E-state index < -0.39 is 6.09 Å². The fourth-order valence-electron chi connectivity index (χ4n) is 1.05. The molecule has 1 aromatic carbocycles. The molecule has 0 saturated heterocycles. The van der Waals surface area contributed by atoms with Gasteiger partial charge in [-0.05, 0) is 12.0 Å². The van der Waals surface area contributed by atoms with Crippen molar-refractivity contribution in [3.05, 3.63) is 42.1 Å². The third-order valence-corrected chi connectivity index (χ3v) is 1.90. The molecule has 0 spiro atoms. The third kappa shape index (κ3) is 4.69. The fraction of sp³-hybridized carbons (Fsp3) is 0.250. The molecule has 0 atom stereocenters. The molecule has 0 saturated carbocycles. The molecule has 0 aromatic heterocycles. The Hall–Kier alpha value is -1.71. The average molecular weight is 215 g/mol. The zero-order valence-electron chi connectivity index (χ0n) is 9.27. The maximum absolute atomic E-state index is 11.1. The third-order valence-electron chi connectivity index (χ3n) is 1.90. The lowest BCUT2D eigenvalue weighted by atomic mass is 9.95. The summed E-state index contributed by atoms with van der Waals surface area (Å²) < 4.78 is 4.97. The highest BCUT2D eigenvalue weighted by Gasteiger charge is 1.99. The van der Waals surface area contributed by atoms with Gasteiger partial charge in [0.05, 0.1) is 0 Å². The molecule has 1 N–H and O–H groups in total. The van der Waals surface area contributed by atoms with E-state index in [9.17, 15) is 4.79 Å². The van der Waals surface area contributed by atoms with Gasteiger partial charge in [0.15, 0.2) is 0 Å². The van der Waals surface area contributed by atoms with Crippen LogP contribution in [0.4, 0.5) is 4.79 Å². The standard InChI is InChI=1S/C12H14BNO2/c1-2-3-8-14-12(15)16-9-10-4-6-11(13)7-5-10/h3-8H,2,9H2,1H3,(H,14,15)/b8-3-. The monoisotopic (exact) mass is 215 g/mol. The lowest BCUT2D eigenvalue weighted by molar-refractivity contribution is 0.143. The second kappa shape index (κ2) is 6.72. The van der Waals surface area contributed by atoms with E-state index in [1.807, 2.05) is 25.1 Å². The Labute approximate surface area is 96.9 Å². The van der Waals surface area contributed by atoms with Gasteiger partial charge in [-0.1, -0.05) is 42.7 Å². The molecule has 4 heteroatoms. The number of nitrogens with one attached hydrogen (secondary N) is 1. The van der Waals surface area contributed by atoms with Crippen LogP contribution in [0, 0.1) is 0 Å². The van der Waals surface area contributed by atoms with Crippen LogP contribution in [0.1, 0.15) is 18.9 Å². The molecule has 16 heavy (non-hydrogen) atoms. The topological polar surface area (TPSA) is 38.3 Å². The Balaban J connectivity index is 2.31. The molecule has 0 aliphatic heterocycles. The van der Waals surface area contributed by atoms with Crippen molar-refractivity contribution < 1.29 is 9.53 Å². The van der Waals surface area contributed by atoms with Crippen LogP contribution < -0.4 is 10.8 Å². The van der Waals surface area contributed by atoms with Gasteiger partial charge in [-0.2, -0.15) is 0 Å². The Kier molecular flexibility index (Phi) is 5.19. The van der Waals surface area contributed by atoms with Gasteiger partial charge in [0.1, 0.15) is 14.5 Å². The summed E-state index contributed by atoms with van der Waals surface area (Å²) in [5.41, 5.74) is 1.60. The number of hydrogen-bond donors (Lipinski definition) is 1. The van der Waals surface area contributed by atoms with Crippen molar-refractivity contribution in [3.8, 4) is 0 Å². The molecule has 3 nitrogen and oxygen atoms in total. The predicted molar refractivity (Wildman–Crippen MR) is 64.6 cm³/mol. The molecule has 0 aliphatic carbocycles. The minimum atomic E-state index is -0.457. The van der Waals surface area contributed by atoms with Crippen molar-refractivity contribution in [1.29, 1.82) is 0 Å². The second-order valence-corrected chi connectivity index (χ2v) is 3.27. The van der Waals surface area contributed by atoms with Crippen molar-refractivity contribution in [1.82, 2.24) is 5.32 Å². The van der Waals surface area contributed by atoms with Gasteiger partial charge in [-0.3, -0.25) is 5.32 Å². The van der Waals surface area contributed by atoms with Crippen LogP contribution in [-0.4, -0.2) is 13.9 Å². The van der Waals surface area contributed by atoms with Gasteiger partial charge in [0.25, 0.3) is 0 Å². The number of amides is 1. The van der Waals surface area contributed by atoms with E-state index in [1.165, 1.54) is 0 Å². The van der Waals surface area contributed by atoms with E-state index in [4.69, 9.17) is 12.6 Å². The molecule has 0 heterocycles. The first-order chi connectivity index (χ1) is 7.72. The zero-order chi connectivity index (χ0) is 11.8. The van der Waals surface area contributed by atoms with Crippen LogP contribution >= 0.6 is 0 Å². The second-order valence-electron chi connectivity index (χ2n) is 3.27. The summed E-state index contributed by atoms with van der Waals surface area (Å²) in [6.45, 7) is 2.23. The maximum atomic E-state index is 11.1. The van der Waals surface area contributed by atoms with Crippen LogP contribution in [0.2, 0.25) is 0 Å². The predicted octanol–water partition coefficient (Wildman–Crippen LogP) is 1.63. The molecular formula is C12H14BNO2. The van der Waals surface area contributed by atoms with Crippen LogP contribution in [0.25, 0.3) is 0 Å². The summed E-state index contributed by atoms with van der Waals surface area (Å²) in [5, 5.41) is 2.50. The van der Waals surface area contributed by atoms with Gasteiger partial charge in [0, 0.05) is 6.20 Å². The van der Waals surface area contributed by atoms with Gasteiger partial charge in [0.2, 0.25) is 0 Å². The molecule has 1 rings (SSSR count). The van der Waals surface area contributed by atoms with E-state index >= 15 is 0 Å². The highest BCUT2D eigenvalue weighted by atomic mass is 16.5. The van der Waals surface area contributed by atoms with Gasteiger partial charge in [-0.15, -0.1) is 0 Å². The van der Waals surface area contributed by atoms with Crippen molar-refractivity contribution in [2.24, 2.45) is 0 Å². The highest BCUT2D eigenvalue weighted by Crippen LogP contribution is 1.99. The fourth-order valence-corrected chi connectivity index (χ4v) is 1.05. The number of benzene rings is 1. The summed E-state index contributed by atoms with van der Waals surface area (Å²) in [6.07, 6.45) is 3.83. The summed E-state index contributed by atoms with van der Waals surface area (Å²) in [6, 6.07) is 7.19. The Morgan fingerprint density at radius 2 is 2.12 bits per heavy atom. The molecule has 0 fully saturated rings. The molecule has 0 aliphatic rings. The lowest BCUT2D eigenvalue weighted by Crippen LogP contribution is -2.18. The largest absolute Gasteiger partial charge is 0.444 e. The Morgan fingerprint density at radius 3 is 2.75 bits per heavy atom. The van der Waals surface area contributed by atoms with Crippen molar-refractivity contribution in [2.45, 2.75) is 20.0 Å². The van der Waals surface area contributed by atoms with Gasteiger partial charge in [-0.25, -0.2) is 4.79 Å². The van der Waals surface area contributed by atoms with Gasteiger partial charge < -0.3 is 4.74 Å². The van der Waals surface area contributed by atoms with Crippen LogP contribution in [0.5, 0.6) is 0 Å². The number of alkyl carbamates (subject to hydrolysis) is 1. The number of hydrogen-bond acceptors (Lipinski definition) is 2. The first kappa shape index (κ1) is 12.4. The SMILES string of the molecule is [B]c1ccc(COC(=O)N/C=C\CC)cc1. The lowest BCUT2D eigenvalue weighted by Gasteiger charge is -2.04. The number of allylic oxidation sites excluding steroid dienone is 1. The summed E-state index contributed by atoms with van der Waals surface area (Å²) in [5.74, 6) is 0. The zero-order valence-corrected chi connectivity index (χ0v) is 9.27. The minimum absolute atomic E-state index is 0.242. The van der Waals surface area contributed by atoms with Crippen molar-refractivity contribution in [3.63, 3.8) is 0 Å². The summed E-state index contributed by atoms with van der Waals surface area (Å²) in [7, 11) is 5.53. The molecular weight excluding hydrogens is 201 g/mol. The van der Waals surface area contributed by atoms with E-state index in [1.54, 1.807) is 18.3 Å². The molecule has 2 radical (unpaired) electrons. The van der Waals surface area contributed by atoms with Gasteiger partial charge >= 0.3 is 6.09 Å². The number of rotatable bonds is 4. The normalized spacial score (nSPS) is 10.3. The summed E-state index contributed by atoms with van der Waals surface area (Å²) in [4.78, 5) is 11.1. The molecule has 1 aromatic rings. The Bertz CT molecular complexity index is 360. The number of carbonyl (C=O) groups is 1. The smallest absolute Gasteiger partial charge is 0.411 e. The summed E-state index contributed by atoms with van der Waals surface area (Å²) >= 11 is 0. The van der Waals surface area contributed by atoms with E-state index in [0.717, 1.165) is 12.0 Å². The average Bonchev–Trinajstić information content (AvgIpc) is 2.29. The first-order valence-corrected chi connectivity index (χ1v) is 5.15. The van der Waals surface area contributed by atoms with Crippen molar-refractivity contribution in [2.75, 3.05) is 0 Å². The van der Waals surface area contributed by atoms with Crippen molar-refractivity contribution >= 4 is 19.4 Å². The molecule has 0 bridgehead atoms. The maximum Gasteiger partial charge on any atom is 0.411 e. The molecule has 0 unspecified atom stereocenters. The molecule has 82 valence electrons. The number of ether oxygens (including phenoxy) is 1. The van der Waals surface area contributed by atoms with E-state index in [-0.39, 0.29) is 6.61 Å². The Morgan fingerprint density at radius 1 is 1.44 bits per heavy atom. The minimum Gasteiger partial charge on any atom is -0.444 e. The van der Waals surface area contributed by atoms with Crippen LogP contribution in [-0.2, 0) is 11.3 Å². The molecule has 1 amide bonds. The highest BCUT2D eigenvalue weighted by molar-refractivity contribution is 6.32. The quantitative estimate of drug-likeness (QED) is 0.775. The first-order valence-electron chi connectivity index (χ1n) is 5.15. The van der Waals surface area contributed by atoms with Crippen LogP contribution in [0.15, 0.2) is 36.5 Å². The van der Waals surface area contributed by atoms with Crippen LogP contribution in [0.3, 0.4) is 0 Å². The number of carbonyl (C=O) groups excluding carboxylic acids is 1. The van der Waals surface area contributed by atoms with E-state index in [2.05, 4.69) is 5.32 Å².